The average Bonchev–Trinajstić information content (AvgIpc) is 2.16. The second kappa shape index (κ2) is 5.95. The van der Waals surface area contributed by atoms with Crippen molar-refractivity contribution in [3.8, 4) is 0 Å². The van der Waals surface area contributed by atoms with Crippen LogP contribution in [0.3, 0.4) is 0 Å². The highest BCUT2D eigenvalue weighted by atomic mass is 35.5. The Morgan fingerprint density at radius 3 is 2.87 bits per heavy atom. The molecule has 2 N–H and O–H groups in total. The van der Waals surface area contributed by atoms with E-state index in [-0.39, 0.29) is 6.17 Å². The van der Waals surface area contributed by atoms with Crippen LogP contribution in [0.25, 0.3) is 0 Å². The maximum absolute atomic E-state index is 5.86. The number of nitrogens with zero attached hydrogens (tertiary/aromatic N) is 1. The maximum Gasteiger partial charge on any atom is 0.195 e. The summed E-state index contributed by atoms with van der Waals surface area (Å²) in [6.45, 7) is 5.53. The van der Waals surface area contributed by atoms with Crippen LogP contribution < -0.4 is 10.6 Å². The number of hydrogen-bond donors (Lipinski definition) is 2. The van der Waals surface area contributed by atoms with Gasteiger partial charge in [0.05, 0.1) is 0 Å². The van der Waals surface area contributed by atoms with E-state index in [1.165, 1.54) is 0 Å². The van der Waals surface area contributed by atoms with E-state index < -0.39 is 5.62 Å². The van der Waals surface area contributed by atoms with Crippen molar-refractivity contribution in [2.24, 2.45) is 4.99 Å². The van der Waals surface area contributed by atoms with Gasteiger partial charge in [0.2, 0.25) is 0 Å². The minimum absolute atomic E-state index is 0.185. The summed E-state index contributed by atoms with van der Waals surface area (Å²) in [6.07, 6.45) is 7.19. The first kappa shape index (κ1) is 12.3. The molecule has 15 heavy (non-hydrogen) atoms. The largest absolute Gasteiger partial charge is 0.332 e. The van der Waals surface area contributed by atoms with E-state index in [4.69, 9.17) is 23.2 Å². The molecular formula is C10H13Cl2N3. The summed E-state index contributed by atoms with van der Waals surface area (Å²) in [4.78, 5) is 4.16. The molecule has 1 rings (SSSR count). The van der Waals surface area contributed by atoms with Gasteiger partial charge in [0.1, 0.15) is 6.17 Å². The van der Waals surface area contributed by atoms with Gasteiger partial charge in [-0.1, -0.05) is 42.5 Å². The standard InChI is InChI=1S/C10H13Cl2N3/c1-3-4-5-6-7(2)8-13-9(11)15-10(12)14-8/h3-6,8-9,13H,1H2,2H3,(H,14,15)/b5-4-,7-6+/t8-,9+/m1/s1. The molecule has 82 valence electrons. The topological polar surface area (TPSA) is 36.4 Å². The summed E-state index contributed by atoms with van der Waals surface area (Å²) < 4.78 is 0. The number of aliphatic imine (C=N–C) groups is 1. The second-order valence-electron chi connectivity index (χ2n) is 3.03. The van der Waals surface area contributed by atoms with Gasteiger partial charge in [-0.15, -0.1) is 0 Å². The van der Waals surface area contributed by atoms with Crippen LogP contribution in [0.4, 0.5) is 0 Å². The van der Waals surface area contributed by atoms with E-state index in [2.05, 4.69) is 22.2 Å². The summed E-state index contributed by atoms with van der Waals surface area (Å²) in [7, 11) is 0. The number of allylic oxidation sites excluding steroid dienone is 4. The molecular weight excluding hydrogens is 233 g/mol. The molecule has 1 aliphatic rings. The molecule has 1 heterocycles. The SMILES string of the molecule is C=C/C=C\C=C(/C)[C@H]1N=C(Cl)N[C@@H](Cl)N1. The average molecular weight is 246 g/mol. The third-order valence-electron chi connectivity index (χ3n) is 1.83. The van der Waals surface area contributed by atoms with Crippen LogP contribution in [0.2, 0.25) is 0 Å². The zero-order chi connectivity index (χ0) is 11.3. The lowest BCUT2D eigenvalue weighted by molar-refractivity contribution is 0.515. The van der Waals surface area contributed by atoms with Gasteiger partial charge in [0, 0.05) is 0 Å². The highest BCUT2D eigenvalue weighted by molar-refractivity contribution is 6.65. The smallest absolute Gasteiger partial charge is 0.195 e. The van der Waals surface area contributed by atoms with Crippen LogP contribution in [-0.4, -0.2) is 17.1 Å². The molecule has 0 aromatic rings. The van der Waals surface area contributed by atoms with Crippen molar-refractivity contribution >= 4 is 28.5 Å². The number of halogens is 2. The summed E-state index contributed by atoms with van der Waals surface area (Å²) in [5.41, 5.74) is 0.630. The van der Waals surface area contributed by atoms with E-state index in [0.717, 1.165) is 5.57 Å². The van der Waals surface area contributed by atoms with E-state index in [1.54, 1.807) is 6.08 Å². The van der Waals surface area contributed by atoms with Gasteiger partial charge in [-0.25, -0.2) is 4.99 Å². The van der Waals surface area contributed by atoms with Gasteiger partial charge in [-0.2, -0.15) is 0 Å². The zero-order valence-electron chi connectivity index (χ0n) is 8.37. The lowest BCUT2D eigenvalue weighted by atomic mass is 10.2. The van der Waals surface area contributed by atoms with E-state index in [0.29, 0.717) is 5.29 Å². The number of nitrogens with one attached hydrogen (secondary N) is 2. The molecule has 0 bridgehead atoms. The highest BCUT2D eigenvalue weighted by Gasteiger charge is 2.19. The summed E-state index contributed by atoms with van der Waals surface area (Å²) in [5.74, 6) is 0. The summed E-state index contributed by atoms with van der Waals surface area (Å²) in [6, 6.07) is 0. The van der Waals surface area contributed by atoms with Crippen molar-refractivity contribution in [1.82, 2.24) is 10.6 Å². The van der Waals surface area contributed by atoms with Gasteiger partial charge < -0.3 is 5.32 Å². The molecule has 1 aliphatic heterocycles. The van der Waals surface area contributed by atoms with Gasteiger partial charge in [0.25, 0.3) is 0 Å². The first-order valence-electron chi connectivity index (χ1n) is 4.49. The number of hydrogen-bond acceptors (Lipinski definition) is 3. The van der Waals surface area contributed by atoms with Gasteiger partial charge in [-0.3, -0.25) is 5.32 Å². The van der Waals surface area contributed by atoms with Crippen molar-refractivity contribution in [2.75, 3.05) is 0 Å². The van der Waals surface area contributed by atoms with Gasteiger partial charge >= 0.3 is 0 Å². The molecule has 0 saturated carbocycles. The summed E-state index contributed by atoms with van der Waals surface area (Å²) in [5, 5.41) is 6.09. The Hall–Kier alpha value is -0.770. The maximum atomic E-state index is 5.86. The molecule has 0 radical (unpaired) electrons. The normalized spacial score (nSPS) is 27.4. The van der Waals surface area contributed by atoms with Crippen molar-refractivity contribution < 1.29 is 0 Å². The predicted octanol–water partition coefficient (Wildman–Crippen LogP) is 2.31. The molecule has 2 atom stereocenters. The fourth-order valence-electron chi connectivity index (χ4n) is 1.08. The van der Waals surface area contributed by atoms with Gasteiger partial charge in [0.15, 0.2) is 10.9 Å². The lowest BCUT2D eigenvalue weighted by Gasteiger charge is -2.25. The molecule has 0 aromatic heterocycles. The molecule has 0 amide bonds. The van der Waals surface area contributed by atoms with E-state index >= 15 is 0 Å². The first-order chi connectivity index (χ1) is 7.13. The van der Waals surface area contributed by atoms with Crippen LogP contribution in [0.5, 0.6) is 0 Å². The lowest BCUT2D eigenvalue weighted by Crippen LogP contribution is -2.49. The Balaban J connectivity index is 2.70. The molecule has 0 saturated heterocycles. The number of alkyl halides is 1. The predicted molar refractivity (Wildman–Crippen MR) is 66.1 cm³/mol. The molecule has 0 aromatic carbocycles. The monoisotopic (exact) mass is 245 g/mol. The van der Waals surface area contributed by atoms with Crippen LogP contribution >= 0.6 is 23.2 Å². The van der Waals surface area contributed by atoms with Gasteiger partial charge in [-0.05, 0) is 24.1 Å². The van der Waals surface area contributed by atoms with Crippen LogP contribution in [0.15, 0.2) is 41.4 Å². The van der Waals surface area contributed by atoms with Crippen molar-refractivity contribution in [3.63, 3.8) is 0 Å². The molecule has 3 nitrogen and oxygen atoms in total. The molecule has 0 unspecified atom stereocenters. The Kier molecular flexibility index (Phi) is 4.88. The fourth-order valence-corrected chi connectivity index (χ4v) is 1.57. The highest BCUT2D eigenvalue weighted by Crippen LogP contribution is 2.10. The minimum Gasteiger partial charge on any atom is -0.332 e. The number of rotatable bonds is 3. The quantitative estimate of drug-likeness (QED) is 0.455. The second-order valence-corrected chi connectivity index (χ2v) is 3.82. The van der Waals surface area contributed by atoms with E-state index in [1.807, 2.05) is 25.2 Å². The van der Waals surface area contributed by atoms with Crippen LogP contribution in [0.1, 0.15) is 6.92 Å². The minimum atomic E-state index is -0.397. The Bertz CT molecular complexity index is 321. The molecule has 0 fully saturated rings. The van der Waals surface area contributed by atoms with Crippen LogP contribution in [0, 0.1) is 0 Å². The van der Waals surface area contributed by atoms with Crippen molar-refractivity contribution in [2.45, 2.75) is 18.7 Å². The first-order valence-corrected chi connectivity index (χ1v) is 5.31. The Morgan fingerprint density at radius 1 is 1.53 bits per heavy atom. The summed E-state index contributed by atoms with van der Waals surface area (Å²) >= 11 is 11.6. The molecule has 5 heteroatoms. The molecule has 0 aliphatic carbocycles. The van der Waals surface area contributed by atoms with Crippen LogP contribution in [-0.2, 0) is 0 Å². The van der Waals surface area contributed by atoms with Crippen molar-refractivity contribution in [1.29, 1.82) is 0 Å². The fraction of sp³-hybridized carbons (Fsp3) is 0.300. The third kappa shape index (κ3) is 4.08. The Labute approximate surface area is 99.6 Å². The number of amidine groups is 1. The third-order valence-corrected chi connectivity index (χ3v) is 2.27. The molecule has 0 spiro atoms. The van der Waals surface area contributed by atoms with Crippen molar-refractivity contribution in [3.05, 3.63) is 36.5 Å². The van der Waals surface area contributed by atoms with E-state index in [9.17, 15) is 0 Å². The zero-order valence-corrected chi connectivity index (χ0v) is 9.89. The Morgan fingerprint density at radius 2 is 2.27 bits per heavy atom.